The molecule has 36 heavy (non-hydrogen) atoms. The normalized spacial score (nSPS) is 19.3. The summed E-state index contributed by atoms with van der Waals surface area (Å²) in [7, 11) is -2.40. The molecule has 2 amide bonds. The van der Waals surface area contributed by atoms with Crippen LogP contribution in [0.15, 0.2) is 40.7 Å². The molecule has 1 saturated heterocycles. The Morgan fingerprint density at radius 1 is 1.22 bits per heavy atom. The lowest BCUT2D eigenvalue weighted by molar-refractivity contribution is -0.126. The number of hydrogen-bond acceptors (Lipinski definition) is 8. The van der Waals surface area contributed by atoms with Crippen molar-refractivity contribution in [2.45, 2.75) is 16.7 Å². The minimum absolute atomic E-state index is 0.0750. The Balaban J connectivity index is 1.38. The summed E-state index contributed by atoms with van der Waals surface area (Å²) < 4.78 is 29.2. The van der Waals surface area contributed by atoms with Gasteiger partial charge in [-0.3, -0.25) is 9.59 Å². The fourth-order valence-electron chi connectivity index (χ4n) is 4.34. The number of likely N-dealkylation sites (N-methyl/N-ethyl adjacent to an activating group) is 1. The Kier molecular flexibility index (Phi) is 7.16. The number of aromatic nitrogens is 1. The lowest BCUT2D eigenvalue weighted by Crippen LogP contribution is -2.61. The van der Waals surface area contributed by atoms with Gasteiger partial charge in [0.1, 0.15) is 10.3 Å². The van der Waals surface area contributed by atoms with Gasteiger partial charge in [-0.2, -0.15) is 4.31 Å². The molecule has 4 heterocycles. The van der Waals surface area contributed by atoms with Crippen LogP contribution >= 0.6 is 34.3 Å². The van der Waals surface area contributed by atoms with Crippen molar-refractivity contribution in [2.24, 2.45) is 0 Å². The van der Waals surface area contributed by atoms with Gasteiger partial charge in [0.15, 0.2) is 5.01 Å². The number of sulfonamides is 1. The van der Waals surface area contributed by atoms with Crippen molar-refractivity contribution in [1.29, 1.82) is 0 Å². The van der Waals surface area contributed by atoms with Crippen molar-refractivity contribution >= 4 is 71.8 Å². The molecule has 9 nitrogen and oxygen atoms in total. The molecule has 1 aromatic carbocycles. The Hall–Kier alpha value is -2.35. The van der Waals surface area contributed by atoms with E-state index in [2.05, 4.69) is 21.7 Å². The summed E-state index contributed by atoms with van der Waals surface area (Å²) in [5.41, 5.74) is 1.15. The van der Waals surface area contributed by atoms with Gasteiger partial charge < -0.3 is 15.5 Å². The van der Waals surface area contributed by atoms with Crippen molar-refractivity contribution in [1.82, 2.24) is 24.8 Å². The van der Waals surface area contributed by atoms with E-state index in [1.54, 1.807) is 30.5 Å². The third-order valence-corrected chi connectivity index (χ3v) is 11.0. The van der Waals surface area contributed by atoms with Crippen LogP contribution in [0.25, 0.3) is 15.7 Å². The minimum Gasteiger partial charge on any atom is -0.357 e. The van der Waals surface area contributed by atoms with Gasteiger partial charge in [-0.1, -0.05) is 23.7 Å². The standard InChI is InChI=1S/C23H24ClN5O4S3/c1-25-21(30)17-13-28(36(32,33)20-10-15-2-3-16(24)11-18(15)34-20)8-9-29(17)23(31)22-27-12-19(35-22)14-4-6-26-7-5-14/h2-4,10-12,17,26H,5-9,13H2,1H3,(H,25,30). The van der Waals surface area contributed by atoms with Crippen molar-refractivity contribution in [3.63, 3.8) is 0 Å². The van der Waals surface area contributed by atoms with Gasteiger partial charge in [0.25, 0.3) is 15.9 Å². The van der Waals surface area contributed by atoms with Gasteiger partial charge in [0.05, 0.1) is 4.88 Å². The zero-order valence-corrected chi connectivity index (χ0v) is 22.6. The number of rotatable bonds is 5. The third-order valence-electron chi connectivity index (χ3n) is 6.28. The molecule has 13 heteroatoms. The fourth-order valence-corrected chi connectivity index (χ4v) is 8.54. The average Bonchev–Trinajstić information content (AvgIpc) is 3.56. The van der Waals surface area contributed by atoms with E-state index in [1.165, 1.54) is 27.6 Å². The van der Waals surface area contributed by atoms with E-state index >= 15 is 0 Å². The molecule has 1 fully saturated rings. The first-order chi connectivity index (χ1) is 17.3. The molecule has 1 atom stereocenters. The smallest absolute Gasteiger partial charge is 0.283 e. The Labute approximate surface area is 221 Å². The SMILES string of the molecule is CNC(=O)C1CN(S(=O)(=O)c2cc3ccc(Cl)cc3s2)CCN1C(=O)c1ncc(C2=CCNCC2)s1. The van der Waals surface area contributed by atoms with Crippen molar-refractivity contribution in [2.75, 3.05) is 39.8 Å². The number of fused-ring (bicyclic) bond motifs is 1. The van der Waals surface area contributed by atoms with Gasteiger partial charge in [0, 0.05) is 49.1 Å². The number of benzene rings is 1. The van der Waals surface area contributed by atoms with E-state index < -0.39 is 22.0 Å². The number of carbonyl (C=O) groups excluding carboxylic acids is 2. The highest BCUT2D eigenvalue weighted by Gasteiger charge is 2.41. The highest BCUT2D eigenvalue weighted by atomic mass is 35.5. The first-order valence-electron chi connectivity index (χ1n) is 11.4. The summed E-state index contributed by atoms with van der Waals surface area (Å²) >= 11 is 8.49. The number of piperazine rings is 1. The Morgan fingerprint density at radius 3 is 2.81 bits per heavy atom. The maximum absolute atomic E-state index is 13.5. The second-order valence-corrected chi connectivity index (χ2v) is 13.2. The molecule has 2 aliphatic heterocycles. The molecule has 190 valence electrons. The van der Waals surface area contributed by atoms with Gasteiger partial charge in [-0.15, -0.1) is 22.7 Å². The maximum Gasteiger partial charge on any atom is 0.283 e. The van der Waals surface area contributed by atoms with Crippen molar-refractivity contribution in [3.05, 3.63) is 51.4 Å². The number of nitrogens with one attached hydrogen (secondary N) is 2. The van der Waals surface area contributed by atoms with Gasteiger partial charge in [-0.05, 0) is 42.1 Å². The molecule has 1 unspecified atom stereocenters. The van der Waals surface area contributed by atoms with Gasteiger partial charge in [-0.25, -0.2) is 13.4 Å². The van der Waals surface area contributed by atoms with E-state index in [4.69, 9.17) is 11.6 Å². The second kappa shape index (κ2) is 10.2. The molecule has 2 N–H and O–H groups in total. The summed E-state index contributed by atoms with van der Waals surface area (Å²) in [5.74, 6) is -0.799. The summed E-state index contributed by atoms with van der Waals surface area (Å²) in [4.78, 5) is 32.9. The van der Waals surface area contributed by atoms with Crippen molar-refractivity contribution < 1.29 is 18.0 Å². The largest absolute Gasteiger partial charge is 0.357 e. The quantitative estimate of drug-likeness (QED) is 0.492. The zero-order valence-electron chi connectivity index (χ0n) is 19.4. The van der Waals surface area contributed by atoms with Crippen LogP contribution in [-0.4, -0.2) is 80.2 Å². The molecular formula is C23H24ClN5O4S3. The summed E-state index contributed by atoms with van der Waals surface area (Å²) in [5, 5.41) is 7.42. The average molecular weight is 566 g/mol. The Bertz CT molecular complexity index is 1470. The van der Waals surface area contributed by atoms with Gasteiger partial charge in [0.2, 0.25) is 5.91 Å². The number of thiazole rings is 1. The van der Waals surface area contributed by atoms with E-state index in [0.717, 1.165) is 51.4 Å². The monoisotopic (exact) mass is 565 g/mol. The number of halogens is 1. The topological polar surface area (TPSA) is 112 Å². The number of hydrogen-bond donors (Lipinski definition) is 2. The molecule has 0 spiro atoms. The molecule has 3 aromatic rings. The second-order valence-electron chi connectivity index (χ2n) is 8.45. The number of carbonyl (C=O) groups is 2. The molecule has 0 bridgehead atoms. The zero-order chi connectivity index (χ0) is 25.4. The van der Waals surface area contributed by atoms with Crippen LogP contribution < -0.4 is 10.6 Å². The maximum atomic E-state index is 13.5. The molecule has 0 aliphatic carbocycles. The van der Waals surface area contributed by atoms with E-state index in [1.807, 2.05) is 0 Å². The van der Waals surface area contributed by atoms with Gasteiger partial charge >= 0.3 is 0 Å². The summed E-state index contributed by atoms with van der Waals surface area (Å²) in [6.45, 7) is 1.66. The Morgan fingerprint density at radius 2 is 2.06 bits per heavy atom. The molecule has 2 aliphatic rings. The summed E-state index contributed by atoms with van der Waals surface area (Å²) in [6.07, 6.45) is 4.64. The van der Waals surface area contributed by atoms with Crippen LogP contribution in [0.4, 0.5) is 0 Å². The van der Waals surface area contributed by atoms with Crippen LogP contribution in [0.2, 0.25) is 5.02 Å². The van der Waals surface area contributed by atoms with Crippen LogP contribution in [-0.2, 0) is 14.8 Å². The molecule has 5 rings (SSSR count). The third kappa shape index (κ3) is 4.81. The highest BCUT2D eigenvalue weighted by molar-refractivity contribution is 7.91. The van der Waals surface area contributed by atoms with E-state index in [9.17, 15) is 18.0 Å². The van der Waals surface area contributed by atoms with E-state index in [-0.39, 0.29) is 34.8 Å². The lowest BCUT2D eigenvalue weighted by atomic mass is 10.1. The number of amides is 2. The van der Waals surface area contributed by atoms with Crippen molar-refractivity contribution in [3.8, 4) is 0 Å². The predicted molar refractivity (Wildman–Crippen MR) is 142 cm³/mol. The van der Waals surface area contributed by atoms with E-state index in [0.29, 0.717) is 5.02 Å². The van der Waals surface area contributed by atoms with Crippen LogP contribution in [0, 0.1) is 0 Å². The first-order valence-corrected chi connectivity index (χ1v) is 14.8. The van der Waals surface area contributed by atoms with Crippen LogP contribution in [0.3, 0.4) is 0 Å². The number of nitrogens with zero attached hydrogens (tertiary/aromatic N) is 3. The first kappa shape index (κ1) is 25.3. The molecular weight excluding hydrogens is 542 g/mol. The van der Waals surface area contributed by atoms with Crippen LogP contribution in [0.1, 0.15) is 21.1 Å². The molecule has 2 aromatic heterocycles. The fraction of sp³-hybridized carbons (Fsp3) is 0.348. The highest BCUT2D eigenvalue weighted by Crippen LogP contribution is 2.34. The molecule has 0 saturated carbocycles. The summed E-state index contributed by atoms with van der Waals surface area (Å²) in [6, 6.07) is 5.86. The lowest BCUT2D eigenvalue weighted by Gasteiger charge is -2.39. The minimum atomic E-state index is -3.87. The molecule has 0 radical (unpaired) electrons. The number of thiophene rings is 1. The predicted octanol–water partition coefficient (Wildman–Crippen LogP) is 2.65. The van der Waals surface area contributed by atoms with Crippen LogP contribution in [0.5, 0.6) is 0 Å².